The van der Waals surface area contributed by atoms with Crippen LogP contribution in [0.1, 0.15) is 70.4 Å². The molecule has 170 valence electrons. The second-order valence-corrected chi connectivity index (χ2v) is 11.3. The Kier molecular flexibility index (Phi) is 7.27. The predicted molar refractivity (Wildman–Crippen MR) is 132 cm³/mol. The quantitative estimate of drug-likeness (QED) is 0.605. The zero-order valence-electron chi connectivity index (χ0n) is 18.2. The van der Waals surface area contributed by atoms with Gasteiger partial charge >= 0.3 is 0 Å². The van der Waals surface area contributed by atoms with E-state index in [0.717, 1.165) is 24.9 Å². The third kappa shape index (κ3) is 5.38. The van der Waals surface area contributed by atoms with Gasteiger partial charge in [0.1, 0.15) is 0 Å². The summed E-state index contributed by atoms with van der Waals surface area (Å²) in [7, 11) is 4.30. The minimum Gasteiger partial charge on any atom is -0.348 e. The molecule has 4 unspecified atom stereocenters. The summed E-state index contributed by atoms with van der Waals surface area (Å²) in [6.45, 7) is 1.13. The number of benzene rings is 2. The number of alkyl halides is 1. The molecular weight excluding hydrogens is 441 g/mol. The molecule has 4 nitrogen and oxygen atoms in total. The molecule has 2 aromatic rings. The first-order valence-corrected chi connectivity index (χ1v) is 12.5. The van der Waals surface area contributed by atoms with Crippen molar-refractivity contribution in [3.05, 3.63) is 70.8 Å². The van der Waals surface area contributed by atoms with Crippen molar-refractivity contribution in [3.8, 4) is 0 Å². The number of rotatable bonds is 5. The largest absolute Gasteiger partial charge is 0.348 e. The van der Waals surface area contributed by atoms with Crippen LogP contribution < -0.4 is 5.32 Å². The lowest BCUT2D eigenvalue weighted by Gasteiger charge is -2.44. The van der Waals surface area contributed by atoms with Gasteiger partial charge in [0.05, 0.1) is 0 Å². The van der Waals surface area contributed by atoms with Crippen LogP contribution in [0.25, 0.3) is 0 Å². The second kappa shape index (κ2) is 9.98. The Morgan fingerprint density at radius 2 is 1.69 bits per heavy atom. The molecule has 4 atom stereocenters. The van der Waals surface area contributed by atoms with Crippen LogP contribution in [-0.4, -0.2) is 29.3 Å². The molecule has 32 heavy (non-hydrogen) atoms. The van der Waals surface area contributed by atoms with Gasteiger partial charge in [0, 0.05) is 30.3 Å². The first-order chi connectivity index (χ1) is 15.3. The number of nitrogens with one attached hydrogen (secondary N) is 1. The number of carbonyl (C=O) groups is 2. The van der Waals surface area contributed by atoms with Crippen LogP contribution in [0.5, 0.6) is 0 Å². The fourth-order valence-corrected chi connectivity index (χ4v) is 5.37. The van der Waals surface area contributed by atoms with Crippen molar-refractivity contribution in [2.24, 2.45) is 5.92 Å². The van der Waals surface area contributed by atoms with E-state index in [4.69, 9.17) is 0 Å². The highest BCUT2D eigenvalue weighted by atomic mass is 31.1. The molecule has 0 radical (unpaired) electrons. The van der Waals surface area contributed by atoms with E-state index < -0.39 is 5.15 Å². The maximum Gasteiger partial charge on any atom is 0.254 e. The van der Waals surface area contributed by atoms with Crippen molar-refractivity contribution in [1.82, 2.24) is 10.2 Å². The first kappa shape index (κ1) is 23.3. The number of fused-ring (bicyclic) bond motifs is 1. The molecule has 1 saturated heterocycles. The van der Waals surface area contributed by atoms with Crippen molar-refractivity contribution in [2.75, 3.05) is 6.54 Å². The van der Waals surface area contributed by atoms with Gasteiger partial charge in [-0.3, -0.25) is 9.59 Å². The number of nitrogens with zero attached hydrogens (tertiary/aromatic N) is 1. The van der Waals surface area contributed by atoms with Crippen molar-refractivity contribution in [3.63, 3.8) is 0 Å². The highest BCUT2D eigenvalue weighted by Crippen LogP contribution is 2.40. The maximum atomic E-state index is 14.1. The maximum absolute atomic E-state index is 14.1. The lowest BCUT2D eigenvalue weighted by Crippen LogP contribution is -2.49. The van der Waals surface area contributed by atoms with Crippen LogP contribution in [-0.2, 0) is 11.7 Å². The summed E-state index contributed by atoms with van der Waals surface area (Å²) in [4.78, 5) is 27.8. The molecule has 2 aromatic carbocycles. The fourth-order valence-electron chi connectivity index (χ4n) is 5.01. The monoisotopic (exact) mass is 472 g/mol. The number of hydrogen-bond acceptors (Lipinski definition) is 2. The summed E-state index contributed by atoms with van der Waals surface area (Å²) in [5, 5.41) is 1.28. The fraction of sp³-hybridized carbons (Fsp3) is 0.440. The Morgan fingerprint density at radius 3 is 2.44 bits per heavy atom. The Morgan fingerprint density at radius 1 is 1.00 bits per heavy atom. The lowest BCUT2D eigenvalue weighted by atomic mass is 9.78. The Bertz CT molecular complexity index is 973. The van der Waals surface area contributed by atoms with E-state index in [1.54, 1.807) is 42.5 Å². The Labute approximate surface area is 194 Å². The predicted octanol–water partition coefficient (Wildman–Crippen LogP) is 5.24. The van der Waals surface area contributed by atoms with Gasteiger partial charge in [0.25, 0.3) is 11.8 Å². The Balaban J connectivity index is 1.38. The summed E-state index contributed by atoms with van der Waals surface area (Å²) in [6.07, 6.45) is 7.13. The summed E-state index contributed by atoms with van der Waals surface area (Å²) >= 11 is 0. The zero-order valence-corrected chi connectivity index (χ0v) is 20.5. The summed E-state index contributed by atoms with van der Waals surface area (Å²) in [6, 6.07) is 14.4. The molecule has 1 saturated carbocycles. The van der Waals surface area contributed by atoms with Gasteiger partial charge in [-0.25, -0.2) is 4.39 Å². The molecule has 2 fully saturated rings. The second-order valence-electron chi connectivity index (χ2n) is 8.98. The van der Waals surface area contributed by atoms with Crippen LogP contribution in [0.15, 0.2) is 48.5 Å². The molecular formula is C25H31FN2O2P2. The number of amides is 2. The smallest absolute Gasteiger partial charge is 0.254 e. The van der Waals surface area contributed by atoms with Crippen LogP contribution in [0, 0.1) is 5.92 Å². The summed E-state index contributed by atoms with van der Waals surface area (Å²) in [5.41, 5.74) is 2.48. The third-order valence-corrected chi connectivity index (χ3v) is 7.39. The minimum absolute atomic E-state index is 0.0787. The molecule has 4 rings (SSSR count). The van der Waals surface area contributed by atoms with E-state index in [0.29, 0.717) is 35.2 Å². The highest BCUT2D eigenvalue weighted by molar-refractivity contribution is 7.38. The normalized spacial score (nSPS) is 21.0. The van der Waals surface area contributed by atoms with Gasteiger partial charge in [0.2, 0.25) is 0 Å². The highest BCUT2D eigenvalue weighted by Gasteiger charge is 2.35. The van der Waals surface area contributed by atoms with E-state index in [9.17, 15) is 14.0 Å². The standard InChI is InChI=1S/C25H31FN2O2P2/c26-25(31,32)21-8-3-5-17(15-21)16-27-23(29)19-10-12-20(13-11-19)24(30)28-14-4-7-18-6-1-2-9-22(18)28/h3,5,8,10-13,15,18,22H,1-2,4,6-7,9,14,16,31-32H2,(H,27,29). The number of hydrogen-bond donors (Lipinski definition) is 1. The van der Waals surface area contributed by atoms with Crippen molar-refractivity contribution in [2.45, 2.75) is 56.3 Å². The number of halogens is 1. The van der Waals surface area contributed by atoms with E-state index in [-0.39, 0.29) is 11.8 Å². The van der Waals surface area contributed by atoms with Crippen LogP contribution >= 0.6 is 18.5 Å². The van der Waals surface area contributed by atoms with Crippen molar-refractivity contribution < 1.29 is 14.0 Å². The summed E-state index contributed by atoms with van der Waals surface area (Å²) < 4.78 is 14.1. The molecule has 1 N–H and O–H groups in total. The van der Waals surface area contributed by atoms with Crippen LogP contribution in [0.3, 0.4) is 0 Å². The third-order valence-electron chi connectivity index (χ3n) is 6.72. The molecule has 2 amide bonds. The van der Waals surface area contributed by atoms with E-state index >= 15 is 0 Å². The summed E-state index contributed by atoms with van der Waals surface area (Å²) in [5.74, 6) is 0.503. The SMILES string of the molecule is O=C(NCc1cccc(C(F)(P)P)c1)c1ccc(C(=O)N2CCCC3CCCCC32)cc1. The molecule has 2 aliphatic rings. The van der Waals surface area contributed by atoms with Gasteiger partial charge in [-0.15, -0.1) is 0 Å². The molecule has 1 aliphatic heterocycles. The number of piperidine rings is 1. The van der Waals surface area contributed by atoms with Gasteiger partial charge in [-0.05, 0) is 67.0 Å². The van der Waals surface area contributed by atoms with Crippen LogP contribution in [0.4, 0.5) is 4.39 Å². The zero-order chi connectivity index (χ0) is 22.7. The molecule has 0 spiro atoms. The van der Waals surface area contributed by atoms with Gasteiger partial charge in [0.15, 0.2) is 5.15 Å². The average molecular weight is 472 g/mol. The van der Waals surface area contributed by atoms with E-state index in [1.807, 2.05) is 6.07 Å². The van der Waals surface area contributed by atoms with E-state index in [1.165, 1.54) is 25.7 Å². The molecule has 1 heterocycles. The van der Waals surface area contributed by atoms with Crippen molar-refractivity contribution in [1.29, 1.82) is 0 Å². The van der Waals surface area contributed by atoms with Gasteiger partial charge < -0.3 is 10.2 Å². The van der Waals surface area contributed by atoms with Crippen LogP contribution in [0.2, 0.25) is 0 Å². The van der Waals surface area contributed by atoms with E-state index in [2.05, 4.69) is 28.7 Å². The molecule has 0 bridgehead atoms. The number of likely N-dealkylation sites (tertiary alicyclic amines) is 1. The lowest BCUT2D eigenvalue weighted by molar-refractivity contribution is 0.0390. The van der Waals surface area contributed by atoms with Gasteiger partial charge in [-0.2, -0.15) is 0 Å². The topological polar surface area (TPSA) is 49.4 Å². The Hall–Kier alpha value is -1.83. The molecule has 1 aliphatic carbocycles. The number of carbonyl (C=O) groups excluding carboxylic acids is 2. The minimum atomic E-state index is -1.59. The first-order valence-electron chi connectivity index (χ1n) is 11.4. The average Bonchev–Trinajstić information content (AvgIpc) is 2.81. The van der Waals surface area contributed by atoms with Crippen molar-refractivity contribution >= 4 is 30.3 Å². The van der Waals surface area contributed by atoms with Gasteiger partial charge in [-0.1, -0.05) is 55.6 Å². The molecule has 0 aromatic heterocycles. The molecule has 7 heteroatoms.